The van der Waals surface area contributed by atoms with Gasteiger partial charge in [0.25, 0.3) is 5.91 Å². The molecule has 0 bridgehead atoms. The number of nitrogens with zero attached hydrogens (tertiary/aromatic N) is 1. The maximum atomic E-state index is 12.8. The van der Waals surface area contributed by atoms with Crippen molar-refractivity contribution in [3.63, 3.8) is 0 Å². The van der Waals surface area contributed by atoms with Crippen molar-refractivity contribution < 1.29 is 9.21 Å². The first kappa shape index (κ1) is 19.2. The van der Waals surface area contributed by atoms with Crippen molar-refractivity contribution in [3.8, 4) is 0 Å². The number of hydrogen-bond donors (Lipinski definition) is 1. The fraction of sp³-hybridized carbons (Fsp3) is 0.348. The molecule has 142 valence electrons. The van der Waals surface area contributed by atoms with Gasteiger partial charge in [-0.05, 0) is 64.5 Å². The zero-order valence-corrected chi connectivity index (χ0v) is 17.0. The van der Waals surface area contributed by atoms with Gasteiger partial charge < -0.3 is 14.6 Å². The smallest absolute Gasteiger partial charge is 0.287 e. The molecule has 0 aliphatic carbocycles. The van der Waals surface area contributed by atoms with E-state index in [4.69, 9.17) is 4.42 Å². The quantitative estimate of drug-likeness (QED) is 0.714. The van der Waals surface area contributed by atoms with Crippen LogP contribution >= 0.6 is 0 Å². The van der Waals surface area contributed by atoms with Crippen LogP contribution in [0, 0.1) is 27.7 Å². The number of rotatable bonds is 5. The van der Waals surface area contributed by atoms with Gasteiger partial charge in [-0.15, -0.1) is 0 Å². The van der Waals surface area contributed by atoms with Crippen LogP contribution in [-0.4, -0.2) is 31.4 Å². The van der Waals surface area contributed by atoms with E-state index in [1.165, 1.54) is 11.1 Å². The second-order valence-corrected chi connectivity index (χ2v) is 7.61. The minimum atomic E-state index is -0.167. The van der Waals surface area contributed by atoms with Gasteiger partial charge in [0.15, 0.2) is 5.76 Å². The predicted octanol–water partition coefficient (Wildman–Crippen LogP) is 4.70. The Bertz CT molecular complexity index is 968. The molecule has 4 nitrogen and oxygen atoms in total. The van der Waals surface area contributed by atoms with Gasteiger partial charge in [0.05, 0.1) is 6.04 Å². The van der Waals surface area contributed by atoms with Gasteiger partial charge in [-0.1, -0.05) is 35.9 Å². The SMILES string of the molecule is Cc1ccc([C@@H](CNC(=O)c2oc3cc(C)cc(C)c3c2C)N(C)C)cc1. The van der Waals surface area contributed by atoms with Crippen LogP contribution < -0.4 is 5.32 Å². The molecule has 0 unspecified atom stereocenters. The van der Waals surface area contributed by atoms with Crippen LogP contribution in [0.1, 0.15) is 44.4 Å². The highest BCUT2D eigenvalue weighted by atomic mass is 16.3. The predicted molar refractivity (Wildman–Crippen MR) is 110 cm³/mol. The third kappa shape index (κ3) is 3.91. The van der Waals surface area contributed by atoms with Gasteiger partial charge in [0.1, 0.15) is 5.58 Å². The lowest BCUT2D eigenvalue weighted by Crippen LogP contribution is -2.34. The van der Waals surface area contributed by atoms with Gasteiger partial charge in [0, 0.05) is 17.5 Å². The number of carbonyl (C=O) groups excluding carboxylic acids is 1. The van der Waals surface area contributed by atoms with Crippen LogP contribution in [0.4, 0.5) is 0 Å². The Balaban J connectivity index is 1.82. The summed E-state index contributed by atoms with van der Waals surface area (Å²) in [5.74, 6) is 0.236. The Morgan fingerprint density at radius 2 is 1.70 bits per heavy atom. The number of amides is 1. The Hall–Kier alpha value is -2.59. The zero-order valence-electron chi connectivity index (χ0n) is 17.0. The van der Waals surface area contributed by atoms with Crippen LogP contribution in [0.25, 0.3) is 11.0 Å². The monoisotopic (exact) mass is 364 g/mol. The molecule has 27 heavy (non-hydrogen) atoms. The molecule has 1 atom stereocenters. The molecule has 1 aromatic heterocycles. The highest BCUT2D eigenvalue weighted by molar-refractivity contribution is 6.00. The van der Waals surface area contributed by atoms with Crippen LogP contribution in [0.15, 0.2) is 40.8 Å². The summed E-state index contributed by atoms with van der Waals surface area (Å²) in [4.78, 5) is 14.9. The molecule has 4 heteroatoms. The molecule has 2 aromatic carbocycles. The molecule has 0 fully saturated rings. The summed E-state index contributed by atoms with van der Waals surface area (Å²) in [6, 6.07) is 12.6. The fourth-order valence-corrected chi connectivity index (χ4v) is 3.66. The van der Waals surface area contributed by atoms with Crippen molar-refractivity contribution in [1.82, 2.24) is 10.2 Å². The topological polar surface area (TPSA) is 45.5 Å². The lowest BCUT2D eigenvalue weighted by atomic mass is 10.0. The number of likely N-dealkylation sites (N-methyl/N-ethyl adjacent to an activating group) is 1. The minimum absolute atomic E-state index is 0.100. The molecule has 0 saturated heterocycles. The molecule has 3 rings (SSSR count). The highest BCUT2D eigenvalue weighted by Gasteiger charge is 2.21. The lowest BCUT2D eigenvalue weighted by Gasteiger charge is -2.25. The van der Waals surface area contributed by atoms with Crippen molar-refractivity contribution in [2.45, 2.75) is 33.7 Å². The highest BCUT2D eigenvalue weighted by Crippen LogP contribution is 2.29. The van der Waals surface area contributed by atoms with E-state index in [0.29, 0.717) is 12.3 Å². The average Bonchev–Trinajstić information content (AvgIpc) is 2.93. The fourth-order valence-electron chi connectivity index (χ4n) is 3.66. The first-order valence-electron chi connectivity index (χ1n) is 9.29. The maximum absolute atomic E-state index is 12.8. The number of hydrogen-bond acceptors (Lipinski definition) is 3. The Morgan fingerprint density at radius 3 is 2.33 bits per heavy atom. The third-order valence-corrected chi connectivity index (χ3v) is 5.12. The molecule has 1 heterocycles. The first-order valence-corrected chi connectivity index (χ1v) is 9.29. The van der Waals surface area contributed by atoms with E-state index >= 15 is 0 Å². The summed E-state index contributed by atoms with van der Waals surface area (Å²) in [7, 11) is 4.05. The summed E-state index contributed by atoms with van der Waals surface area (Å²) < 4.78 is 5.91. The molecule has 1 N–H and O–H groups in total. The molecule has 0 radical (unpaired) electrons. The second kappa shape index (κ2) is 7.57. The summed E-state index contributed by atoms with van der Waals surface area (Å²) in [5, 5.41) is 4.09. The normalized spacial score (nSPS) is 12.6. The zero-order chi connectivity index (χ0) is 19.7. The maximum Gasteiger partial charge on any atom is 0.287 e. The van der Waals surface area contributed by atoms with Gasteiger partial charge in [-0.3, -0.25) is 4.79 Å². The van der Waals surface area contributed by atoms with E-state index in [9.17, 15) is 4.79 Å². The molecule has 0 spiro atoms. The number of fused-ring (bicyclic) bond motifs is 1. The number of benzene rings is 2. The Labute approximate surface area is 161 Å². The van der Waals surface area contributed by atoms with Crippen molar-refractivity contribution in [2.24, 2.45) is 0 Å². The summed E-state index contributed by atoms with van der Waals surface area (Å²) >= 11 is 0. The van der Waals surface area contributed by atoms with Crippen molar-refractivity contribution in [2.75, 3.05) is 20.6 Å². The molecule has 0 aliphatic heterocycles. The molecule has 3 aromatic rings. The first-order chi connectivity index (χ1) is 12.8. The van der Waals surface area contributed by atoms with Crippen molar-refractivity contribution >= 4 is 16.9 Å². The van der Waals surface area contributed by atoms with E-state index in [0.717, 1.165) is 27.7 Å². The van der Waals surface area contributed by atoms with Crippen LogP contribution in [-0.2, 0) is 0 Å². The van der Waals surface area contributed by atoms with E-state index in [2.05, 4.69) is 54.4 Å². The second-order valence-electron chi connectivity index (χ2n) is 7.61. The van der Waals surface area contributed by atoms with E-state index < -0.39 is 0 Å². The van der Waals surface area contributed by atoms with Crippen LogP contribution in [0.5, 0.6) is 0 Å². The average molecular weight is 364 g/mol. The molecular weight excluding hydrogens is 336 g/mol. The Morgan fingerprint density at radius 1 is 1.04 bits per heavy atom. The van der Waals surface area contributed by atoms with E-state index in [-0.39, 0.29) is 11.9 Å². The van der Waals surface area contributed by atoms with Crippen LogP contribution in [0.3, 0.4) is 0 Å². The standard InChI is InChI=1S/C23H28N2O2/c1-14-7-9-18(10-8-14)19(25(5)6)13-24-23(26)22-17(4)21-16(3)11-15(2)12-20(21)27-22/h7-12,19H,13H2,1-6H3,(H,24,26)/t19-/m1/s1. The van der Waals surface area contributed by atoms with Crippen molar-refractivity contribution in [1.29, 1.82) is 0 Å². The van der Waals surface area contributed by atoms with Gasteiger partial charge in [-0.2, -0.15) is 0 Å². The van der Waals surface area contributed by atoms with Crippen molar-refractivity contribution in [3.05, 3.63) is 70.0 Å². The lowest BCUT2D eigenvalue weighted by molar-refractivity contribution is 0.0915. The van der Waals surface area contributed by atoms with Gasteiger partial charge >= 0.3 is 0 Å². The number of aryl methyl sites for hydroxylation is 4. The van der Waals surface area contributed by atoms with E-state index in [1.54, 1.807) is 0 Å². The van der Waals surface area contributed by atoms with E-state index in [1.807, 2.05) is 34.0 Å². The summed E-state index contributed by atoms with van der Waals surface area (Å²) in [5.41, 5.74) is 6.35. The largest absolute Gasteiger partial charge is 0.451 e. The van der Waals surface area contributed by atoms with Gasteiger partial charge in [-0.25, -0.2) is 0 Å². The molecular formula is C23H28N2O2. The Kier molecular flexibility index (Phi) is 5.38. The third-order valence-electron chi connectivity index (χ3n) is 5.12. The minimum Gasteiger partial charge on any atom is -0.451 e. The molecule has 1 amide bonds. The number of nitrogens with one attached hydrogen (secondary N) is 1. The molecule has 0 saturated carbocycles. The van der Waals surface area contributed by atoms with Crippen LogP contribution in [0.2, 0.25) is 0 Å². The van der Waals surface area contributed by atoms with Gasteiger partial charge in [0.2, 0.25) is 0 Å². The number of furan rings is 1. The molecule has 0 aliphatic rings. The number of carbonyl (C=O) groups is 1. The summed E-state index contributed by atoms with van der Waals surface area (Å²) in [6.07, 6.45) is 0. The summed E-state index contributed by atoms with van der Waals surface area (Å²) in [6.45, 7) is 8.63.